The Labute approximate surface area is 131 Å². The lowest BCUT2D eigenvalue weighted by Crippen LogP contribution is -2.44. The second-order valence-electron chi connectivity index (χ2n) is 7.66. The Kier molecular flexibility index (Phi) is 5.54. The van der Waals surface area contributed by atoms with Crippen molar-refractivity contribution >= 4 is 33.7 Å². The standard InChI is InChI=1S/C14H30N4OSi2/c1-17(20(3,4)5)15-12-10-9-11-13(19)14(12)16-18(2)21(6,7)8/h9-11H2,1-8H3. The number of rotatable bonds is 4. The Morgan fingerprint density at radius 2 is 1.33 bits per heavy atom. The third-order valence-electron chi connectivity index (χ3n) is 3.82. The van der Waals surface area contributed by atoms with Crippen molar-refractivity contribution in [2.45, 2.75) is 58.5 Å². The van der Waals surface area contributed by atoms with Gasteiger partial charge in [0.15, 0.2) is 22.3 Å². The number of hydrazone groups is 2. The van der Waals surface area contributed by atoms with Gasteiger partial charge in [0.25, 0.3) is 0 Å². The molecule has 0 atom stereocenters. The van der Waals surface area contributed by atoms with Crippen LogP contribution in [0.3, 0.4) is 0 Å². The molecule has 0 aromatic heterocycles. The summed E-state index contributed by atoms with van der Waals surface area (Å²) in [5.41, 5.74) is 1.44. The Morgan fingerprint density at radius 3 is 1.81 bits per heavy atom. The van der Waals surface area contributed by atoms with Gasteiger partial charge in [-0.1, -0.05) is 39.3 Å². The van der Waals surface area contributed by atoms with E-state index >= 15 is 0 Å². The van der Waals surface area contributed by atoms with Gasteiger partial charge in [0.1, 0.15) is 5.71 Å². The first-order chi connectivity index (χ1) is 9.43. The van der Waals surface area contributed by atoms with E-state index in [0.29, 0.717) is 12.1 Å². The third-order valence-corrected chi connectivity index (χ3v) is 7.90. The average Bonchev–Trinajstić information content (AvgIpc) is 2.30. The van der Waals surface area contributed by atoms with Gasteiger partial charge in [0.05, 0.1) is 5.71 Å². The molecule has 1 aliphatic rings. The SMILES string of the molecule is CN(N=C1CCCC(=O)C1=NN(C)[Si](C)(C)C)[Si](C)(C)C. The van der Waals surface area contributed by atoms with Crippen molar-refractivity contribution in [2.24, 2.45) is 10.2 Å². The molecule has 0 aliphatic heterocycles. The van der Waals surface area contributed by atoms with Crippen molar-refractivity contribution in [1.82, 2.24) is 9.35 Å². The smallest absolute Gasteiger partial charge is 0.184 e. The Bertz CT molecular complexity index is 461. The molecule has 0 N–H and O–H groups in total. The molecule has 0 aromatic rings. The van der Waals surface area contributed by atoms with E-state index < -0.39 is 16.5 Å². The Morgan fingerprint density at radius 1 is 0.857 bits per heavy atom. The topological polar surface area (TPSA) is 48.3 Å². The van der Waals surface area contributed by atoms with E-state index in [-0.39, 0.29) is 5.78 Å². The molecule has 1 saturated carbocycles. The number of hydrogen-bond acceptors (Lipinski definition) is 5. The van der Waals surface area contributed by atoms with Crippen LogP contribution in [-0.2, 0) is 4.79 Å². The molecule has 21 heavy (non-hydrogen) atoms. The summed E-state index contributed by atoms with van der Waals surface area (Å²) in [6.07, 6.45) is 2.32. The minimum atomic E-state index is -1.55. The molecule has 120 valence electrons. The summed E-state index contributed by atoms with van der Waals surface area (Å²) in [4.78, 5) is 12.3. The highest BCUT2D eigenvalue weighted by molar-refractivity contribution is 6.75. The summed E-state index contributed by atoms with van der Waals surface area (Å²) >= 11 is 0. The molecule has 7 heteroatoms. The average molecular weight is 327 g/mol. The van der Waals surface area contributed by atoms with E-state index in [1.54, 1.807) is 0 Å². The summed E-state index contributed by atoms with van der Waals surface area (Å²) in [5, 5.41) is 9.35. The lowest BCUT2D eigenvalue weighted by molar-refractivity contribution is -0.113. The van der Waals surface area contributed by atoms with Crippen LogP contribution >= 0.6 is 0 Å². The lowest BCUT2D eigenvalue weighted by Gasteiger charge is -2.31. The molecule has 0 radical (unpaired) electrons. The highest BCUT2D eigenvalue weighted by atomic mass is 28.3. The second-order valence-corrected chi connectivity index (χ2v) is 17.6. The fourth-order valence-corrected chi connectivity index (χ4v) is 2.48. The zero-order chi connectivity index (χ0) is 16.4. The zero-order valence-electron chi connectivity index (χ0n) is 14.8. The van der Waals surface area contributed by atoms with Gasteiger partial charge >= 0.3 is 0 Å². The highest BCUT2D eigenvalue weighted by Crippen LogP contribution is 2.16. The number of hydrogen-bond donors (Lipinski definition) is 0. The van der Waals surface area contributed by atoms with Gasteiger partial charge in [0, 0.05) is 20.5 Å². The van der Waals surface area contributed by atoms with Crippen molar-refractivity contribution in [1.29, 1.82) is 0 Å². The molecule has 1 fully saturated rings. The fourth-order valence-electron chi connectivity index (χ4n) is 1.66. The van der Waals surface area contributed by atoms with Gasteiger partial charge in [-0.2, -0.15) is 10.2 Å². The van der Waals surface area contributed by atoms with E-state index in [4.69, 9.17) is 5.10 Å². The molecule has 0 aromatic carbocycles. The quantitative estimate of drug-likeness (QED) is 0.589. The number of carbonyl (C=O) groups is 1. The summed E-state index contributed by atoms with van der Waals surface area (Å²) < 4.78 is 4.06. The molecule has 0 spiro atoms. The maximum Gasteiger partial charge on any atom is 0.184 e. The Balaban J connectivity index is 3.14. The van der Waals surface area contributed by atoms with E-state index in [9.17, 15) is 4.79 Å². The van der Waals surface area contributed by atoms with Crippen LogP contribution in [0.2, 0.25) is 39.3 Å². The van der Waals surface area contributed by atoms with Crippen LogP contribution in [0.5, 0.6) is 0 Å². The second kappa shape index (κ2) is 6.43. The van der Waals surface area contributed by atoms with Crippen molar-refractivity contribution in [3.05, 3.63) is 0 Å². The van der Waals surface area contributed by atoms with Crippen LogP contribution < -0.4 is 0 Å². The van der Waals surface area contributed by atoms with E-state index in [2.05, 4.69) is 49.1 Å². The van der Waals surface area contributed by atoms with Crippen LogP contribution in [0.15, 0.2) is 10.2 Å². The van der Waals surface area contributed by atoms with Gasteiger partial charge in [0.2, 0.25) is 0 Å². The van der Waals surface area contributed by atoms with Crippen LogP contribution in [0.1, 0.15) is 19.3 Å². The highest BCUT2D eigenvalue weighted by Gasteiger charge is 2.28. The number of Topliss-reactive ketones (excluding diaryl/α,β-unsaturated/α-hetero) is 1. The number of ketones is 1. The molecule has 0 saturated heterocycles. The van der Waals surface area contributed by atoms with Crippen molar-refractivity contribution in [2.75, 3.05) is 14.1 Å². The van der Waals surface area contributed by atoms with Crippen molar-refractivity contribution in [3.63, 3.8) is 0 Å². The summed E-state index contributed by atoms with van der Waals surface area (Å²) in [6, 6.07) is 0. The first-order valence-electron chi connectivity index (χ1n) is 7.60. The molecule has 5 nitrogen and oxygen atoms in total. The van der Waals surface area contributed by atoms with Gasteiger partial charge in [-0.15, -0.1) is 0 Å². The molecule has 1 rings (SSSR count). The van der Waals surface area contributed by atoms with Crippen LogP contribution in [-0.4, -0.2) is 57.1 Å². The van der Waals surface area contributed by atoms with E-state index in [1.165, 1.54) is 0 Å². The molecule has 0 unspecified atom stereocenters. The number of nitrogens with zero attached hydrogens (tertiary/aromatic N) is 4. The molecule has 0 bridgehead atoms. The predicted octanol–water partition coefficient (Wildman–Crippen LogP) is 2.98. The lowest BCUT2D eigenvalue weighted by atomic mass is 9.95. The summed E-state index contributed by atoms with van der Waals surface area (Å²) in [5.74, 6) is 0.133. The van der Waals surface area contributed by atoms with Gasteiger partial charge in [-0.3, -0.25) is 4.79 Å². The molecular formula is C14H30N4OSi2. The maximum absolute atomic E-state index is 12.3. The summed E-state index contributed by atoms with van der Waals surface area (Å²) in [6.45, 7) is 13.4. The largest absolute Gasteiger partial charge is 0.327 e. The molecule has 0 heterocycles. The van der Waals surface area contributed by atoms with Crippen LogP contribution in [0, 0.1) is 0 Å². The van der Waals surface area contributed by atoms with E-state index in [0.717, 1.165) is 18.6 Å². The Hall–Kier alpha value is -0.956. The van der Waals surface area contributed by atoms with E-state index in [1.807, 2.05) is 18.8 Å². The maximum atomic E-state index is 12.3. The summed E-state index contributed by atoms with van der Waals surface area (Å²) in [7, 11) is 0.940. The monoisotopic (exact) mass is 326 g/mol. The van der Waals surface area contributed by atoms with Gasteiger partial charge in [-0.25, -0.2) is 0 Å². The predicted molar refractivity (Wildman–Crippen MR) is 95.9 cm³/mol. The van der Waals surface area contributed by atoms with Crippen LogP contribution in [0.4, 0.5) is 0 Å². The zero-order valence-corrected chi connectivity index (χ0v) is 16.8. The molecule has 0 amide bonds. The molecule has 1 aliphatic carbocycles. The van der Waals surface area contributed by atoms with Gasteiger partial charge < -0.3 is 9.35 Å². The minimum Gasteiger partial charge on any atom is -0.327 e. The normalized spacial score (nSPS) is 21.0. The first kappa shape index (κ1) is 18.1. The first-order valence-corrected chi connectivity index (χ1v) is 14.5. The van der Waals surface area contributed by atoms with Crippen molar-refractivity contribution < 1.29 is 4.79 Å². The fraction of sp³-hybridized carbons (Fsp3) is 0.786. The minimum absolute atomic E-state index is 0.133. The third kappa shape index (κ3) is 5.07. The van der Waals surface area contributed by atoms with Crippen molar-refractivity contribution in [3.8, 4) is 0 Å². The van der Waals surface area contributed by atoms with Crippen LogP contribution in [0.25, 0.3) is 0 Å². The van der Waals surface area contributed by atoms with Gasteiger partial charge in [-0.05, 0) is 12.8 Å². The molecular weight excluding hydrogens is 296 g/mol. The number of carbonyl (C=O) groups excluding carboxylic acids is 1.